The van der Waals surface area contributed by atoms with E-state index in [2.05, 4.69) is 26.0 Å². The SMILES string of the molecule is COC(C)(C)Cc1cccc(CCCC(=O)O)c1. The van der Waals surface area contributed by atoms with Crippen LogP contribution in [0.1, 0.15) is 37.8 Å². The second-order valence-corrected chi connectivity index (χ2v) is 5.21. The van der Waals surface area contributed by atoms with Crippen LogP contribution in [0.3, 0.4) is 0 Å². The van der Waals surface area contributed by atoms with Crippen molar-refractivity contribution in [2.45, 2.75) is 45.1 Å². The van der Waals surface area contributed by atoms with Crippen molar-refractivity contribution in [3.8, 4) is 0 Å². The third-order valence-corrected chi connectivity index (χ3v) is 3.03. The van der Waals surface area contributed by atoms with E-state index in [1.165, 1.54) is 11.1 Å². The van der Waals surface area contributed by atoms with E-state index in [1.54, 1.807) is 7.11 Å². The molecule has 0 heterocycles. The average molecular weight is 250 g/mol. The van der Waals surface area contributed by atoms with Gasteiger partial charge in [-0.3, -0.25) is 4.79 Å². The average Bonchev–Trinajstić information content (AvgIpc) is 2.28. The highest BCUT2D eigenvalue weighted by atomic mass is 16.5. The Morgan fingerprint density at radius 2 is 2.00 bits per heavy atom. The standard InChI is InChI=1S/C15H22O3/c1-15(2,18-3)11-13-8-4-6-12(10-13)7-5-9-14(16)17/h4,6,8,10H,5,7,9,11H2,1-3H3,(H,16,17). The highest BCUT2D eigenvalue weighted by molar-refractivity contribution is 5.66. The number of carboxylic acids is 1. The van der Waals surface area contributed by atoms with Gasteiger partial charge in [0.05, 0.1) is 5.60 Å². The summed E-state index contributed by atoms with van der Waals surface area (Å²) in [5.41, 5.74) is 2.26. The van der Waals surface area contributed by atoms with Gasteiger partial charge in [-0.1, -0.05) is 24.3 Å². The number of aliphatic carboxylic acids is 1. The number of rotatable bonds is 7. The molecular formula is C15H22O3. The van der Waals surface area contributed by atoms with Crippen LogP contribution in [0.15, 0.2) is 24.3 Å². The predicted octanol–water partition coefficient (Wildman–Crippen LogP) is 3.06. The summed E-state index contributed by atoms with van der Waals surface area (Å²) in [7, 11) is 1.72. The molecule has 1 rings (SSSR count). The summed E-state index contributed by atoms with van der Waals surface area (Å²) in [6.45, 7) is 4.12. The van der Waals surface area contributed by atoms with Gasteiger partial charge in [-0.25, -0.2) is 0 Å². The minimum absolute atomic E-state index is 0.167. The quantitative estimate of drug-likeness (QED) is 0.809. The molecule has 3 nitrogen and oxygen atoms in total. The lowest BCUT2D eigenvalue weighted by atomic mass is 9.96. The zero-order valence-electron chi connectivity index (χ0n) is 11.4. The monoisotopic (exact) mass is 250 g/mol. The second-order valence-electron chi connectivity index (χ2n) is 5.21. The Morgan fingerprint density at radius 3 is 2.61 bits per heavy atom. The molecule has 0 amide bonds. The molecule has 100 valence electrons. The zero-order chi connectivity index (χ0) is 13.6. The number of carbonyl (C=O) groups is 1. The Hall–Kier alpha value is -1.35. The summed E-state index contributed by atoms with van der Waals surface area (Å²) >= 11 is 0. The summed E-state index contributed by atoms with van der Waals surface area (Å²) in [6.07, 6.45) is 2.59. The van der Waals surface area contributed by atoms with Gasteiger partial charge in [0, 0.05) is 20.0 Å². The van der Waals surface area contributed by atoms with Crippen LogP contribution in [0.4, 0.5) is 0 Å². The molecule has 0 saturated heterocycles. The number of benzene rings is 1. The third-order valence-electron chi connectivity index (χ3n) is 3.03. The van der Waals surface area contributed by atoms with Crippen LogP contribution in [-0.2, 0) is 22.4 Å². The van der Waals surface area contributed by atoms with Gasteiger partial charge in [0.25, 0.3) is 0 Å². The van der Waals surface area contributed by atoms with Crippen molar-refractivity contribution in [1.29, 1.82) is 0 Å². The Morgan fingerprint density at radius 1 is 1.33 bits per heavy atom. The highest BCUT2D eigenvalue weighted by Crippen LogP contribution is 2.17. The van der Waals surface area contributed by atoms with Gasteiger partial charge >= 0.3 is 5.97 Å². The van der Waals surface area contributed by atoms with Gasteiger partial charge in [0.15, 0.2) is 0 Å². The van der Waals surface area contributed by atoms with E-state index in [1.807, 2.05) is 12.1 Å². The number of hydrogen-bond acceptors (Lipinski definition) is 2. The molecule has 0 spiro atoms. The van der Waals surface area contributed by atoms with Crippen LogP contribution in [0.25, 0.3) is 0 Å². The van der Waals surface area contributed by atoms with E-state index in [9.17, 15) is 4.79 Å². The maximum Gasteiger partial charge on any atom is 0.303 e. The molecule has 0 bridgehead atoms. The first kappa shape index (κ1) is 14.7. The molecule has 18 heavy (non-hydrogen) atoms. The van der Waals surface area contributed by atoms with Gasteiger partial charge < -0.3 is 9.84 Å². The third kappa shape index (κ3) is 5.32. The fourth-order valence-electron chi connectivity index (χ4n) is 1.90. The fourth-order valence-corrected chi connectivity index (χ4v) is 1.90. The van der Waals surface area contributed by atoms with Crippen molar-refractivity contribution in [2.24, 2.45) is 0 Å². The van der Waals surface area contributed by atoms with Crippen molar-refractivity contribution in [3.63, 3.8) is 0 Å². The number of hydrogen-bond donors (Lipinski definition) is 1. The van der Waals surface area contributed by atoms with Crippen LogP contribution in [-0.4, -0.2) is 23.8 Å². The largest absolute Gasteiger partial charge is 0.481 e. The topological polar surface area (TPSA) is 46.5 Å². The Balaban J connectivity index is 2.59. The van der Waals surface area contributed by atoms with Crippen LogP contribution in [0.2, 0.25) is 0 Å². The minimum Gasteiger partial charge on any atom is -0.481 e. The van der Waals surface area contributed by atoms with E-state index >= 15 is 0 Å². The summed E-state index contributed by atoms with van der Waals surface area (Å²) in [5.74, 6) is -0.730. The maximum atomic E-state index is 10.5. The molecule has 0 radical (unpaired) electrons. The zero-order valence-corrected chi connectivity index (χ0v) is 11.4. The molecule has 1 aromatic carbocycles. The second kappa shape index (κ2) is 6.55. The van der Waals surface area contributed by atoms with Crippen LogP contribution in [0, 0.1) is 0 Å². The highest BCUT2D eigenvalue weighted by Gasteiger charge is 2.16. The molecule has 0 atom stereocenters. The van der Waals surface area contributed by atoms with Crippen molar-refractivity contribution in [2.75, 3.05) is 7.11 Å². The summed E-state index contributed by atoms with van der Waals surface area (Å²) in [5, 5.41) is 8.61. The molecule has 0 aliphatic rings. The van der Waals surface area contributed by atoms with Crippen molar-refractivity contribution >= 4 is 5.97 Å². The number of aryl methyl sites for hydroxylation is 1. The molecule has 0 aromatic heterocycles. The smallest absolute Gasteiger partial charge is 0.303 e. The van der Waals surface area contributed by atoms with Gasteiger partial charge in [-0.05, 0) is 37.8 Å². The minimum atomic E-state index is -0.730. The van der Waals surface area contributed by atoms with Crippen molar-refractivity contribution < 1.29 is 14.6 Å². The normalized spacial score (nSPS) is 11.5. The summed E-state index contributed by atoms with van der Waals surface area (Å²) in [4.78, 5) is 10.5. The van der Waals surface area contributed by atoms with E-state index in [-0.39, 0.29) is 12.0 Å². The van der Waals surface area contributed by atoms with Gasteiger partial charge in [0.2, 0.25) is 0 Å². The summed E-state index contributed by atoms with van der Waals surface area (Å²) in [6, 6.07) is 8.30. The Kier molecular flexibility index (Phi) is 5.35. The molecule has 0 unspecified atom stereocenters. The molecule has 0 aliphatic heterocycles. The molecule has 0 saturated carbocycles. The summed E-state index contributed by atoms with van der Waals surface area (Å²) < 4.78 is 5.42. The first-order valence-electron chi connectivity index (χ1n) is 6.28. The van der Waals surface area contributed by atoms with E-state index in [4.69, 9.17) is 9.84 Å². The lowest BCUT2D eigenvalue weighted by Gasteiger charge is -2.23. The maximum absolute atomic E-state index is 10.5. The predicted molar refractivity (Wildman–Crippen MR) is 71.8 cm³/mol. The molecular weight excluding hydrogens is 228 g/mol. The van der Waals surface area contributed by atoms with Gasteiger partial charge in [0.1, 0.15) is 0 Å². The number of methoxy groups -OCH3 is 1. The Labute approximate surface area is 109 Å². The van der Waals surface area contributed by atoms with Crippen molar-refractivity contribution in [1.82, 2.24) is 0 Å². The van der Waals surface area contributed by atoms with Gasteiger partial charge in [-0.15, -0.1) is 0 Å². The lowest BCUT2D eigenvalue weighted by Crippen LogP contribution is -2.25. The lowest BCUT2D eigenvalue weighted by molar-refractivity contribution is -0.137. The molecule has 0 fully saturated rings. The number of carboxylic acid groups (broad SMARTS) is 1. The molecule has 1 aromatic rings. The van der Waals surface area contributed by atoms with Crippen LogP contribution >= 0.6 is 0 Å². The van der Waals surface area contributed by atoms with E-state index < -0.39 is 5.97 Å². The van der Waals surface area contributed by atoms with E-state index in [0.29, 0.717) is 6.42 Å². The van der Waals surface area contributed by atoms with Crippen LogP contribution in [0.5, 0.6) is 0 Å². The van der Waals surface area contributed by atoms with Crippen LogP contribution < -0.4 is 0 Å². The van der Waals surface area contributed by atoms with Crippen molar-refractivity contribution in [3.05, 3.63) is 35.4 Å². The Bertz CT molecular complexity index is 396. The molecule has 3 heteroatoms. The fraction of sp³-hybridized carbons (Fsp3) is 0.533. The van der Waals surface area contributed by atoms with Gasteiger partial charge in [-0.2, -0.15) is 0 Å². The molecule has 0 aliphatic carbocycles. The molecule has 1 N–H and O–H groups in total. The first-order chi connectivity index (χ1) is 8.43. The first-order valence-corrected chi connectivity index (χ1v) is 6.28. The number of ether oxygens (including phenoxy) is 1. The van der Waals surface area contributed by atoms with E-state index in [0.717, 1.165) is 12.8 Å².